The van der Waals surface area contributed by atoms with Crippen LogP contribution in [-0.2, 0) is 0 Å². The molecule has 1 aromatic rings. The molecule has 1 fully saturated rings. The average molecular weight is 293 g/mol. The van der Waals surface area contributed by atoms with Crippen molar-refractivity contribution in [3.05, 3.63) is 34.6 Å². The molecular formula is C14H17BrN2. The van der Waals surface area contributed by atoms with Gasteiger partial charge >= 0.3 is 0 Å². The number of piperidine rings is 1. The lowest BCUT2D eigenvalue weighted by Crippen LogP contribution is -2.38. The molecule has 90 valence electrons. The van der Waals surface area contributed by atoms with Crippen molar-refractivity contribution in [1.29, 1.82) is 0 Å². The third-order valence-corrected chi connectivity index (χ3v) is 4.46. The van der Waals surface area contributed by atoms with Crippen LogP contribution in [0.25, 0.3) is 5.57 Å². The number of hydrogen-bond donors (Lipinski definition) is 1. The van der Waals surface area contributed by atoms with Gasteiger partial charge in [-0.05, 0) is 70.8 Å². The average Bonchev–Trinajstić information content (AvgIpc) is 2.39. The summed E-state index contributed by atoms with van der Waals surface area (Å²) in [4.78, 5) is 4.35. The van der Waals surface area contributed by atoms with E-state index in [-0.39, 0.29) is 0 Å². The summed E-state index contributed by atoms with van der Waals surface area (Å²) < 4.78 is 0.913. The molecule has 1 aromatic heterocycles. The first kappa shape index (κ1) is 11.4. The lowest BCUT2D eigenvalue weighted by atomic mass is 9.73. The zero-order valence-electron chi connectivity index (χ0n) is 9.82. The van der Waals surface area contributed by atoms with E-state index >= 15 is 0 Å². The molecule has 17 heavy (non-hydrogen) atoms. The standard InChI is InChI=1S/C14H17BrN2/c15-14-5-4-11(8-17-14)12-3-1-2-10-6-7-16-9-13(10)12/h3-5,8,10,13,16H,1-2,6-7,9H2/t10-,13+/m1/s1. The van der Waals surface area contributed by atoms with Gasteiger partial charge in [-0.15, -0.1) is 0 Å². The number of rotatable bonds is 1. The Labute approximate surface area is 111 Å². The highest BCUT2D eigenvalue weighted by Crippen LogP contribution is 2.39. The fourth-order valence-electron chi connectivity index (χ4n) is 3.11. The molecule has 2 nitrogen and oxygen atoms in total. The van der Waals surface area contributed by atoms with Crippen molar-refractivity contribution in [1.82, 2.24) is 10.3 Å². The minimum Gasteiger partial charge on any atom is -0.316 e. The highest BCUT2D eigenvalue weighted by Gasteiger charge is 2.30. The van der Waals surface area contributed by atoms with Gasteiger partial charge in [0, 0.05) is 12.7 Å². The maximum absolute atomic E-state index is 4.35. The predicted octanol–water partition coefficient (Wildman–Crippen LogP) is 3.25. The molecule has 2 aliphatic rings. The van der Waals surface area contributed by atoms with Crippen LogP contribution >= 0.6 is 15.9 Å². The van der Waals surface area contributed by atoms with Crippen molar-refractivity contribution in [2.24, 2.45) is 11.8 Å². The lowest BCUT2D eigenvalue weighted by Gasteiger charge is -2.37. The molecule has 3 heteroatoms. The minimum absolute atomic E-state index is 0.695. The Kier molecular flexibility index (Phi) is 3.30. The van der Waals surface area contributed by atoms with Gasteiger partial charge in [-0.1, -0.05) is 12.1 Å². The molecule has 2 heterocycles. The largest absolute Gasteiger partial charge is 0.316 e. The summed E-state index contributed by atoms with van der Waals surface area (Å²) in [6, 6.07) is 4.22. The first-order valence-electron chi connectivity index (χ1n) is 6.37. The monoisotopic (exact) mass is 292 g/mol. The zero-order valence-corrected chi connectivity index (χ0v) is 11.4. The summed E-state index contributed by atoms with van der Waals surface area (Å²) in [5.41, 5.74) is 2.81. The molecule has 0 unspecified atom stereocenters. The Bertz CT molecular complexity index is 424. The van der Waals surface area contributed by atoms with Crippen molar-refractivity contribution in [2.75, 3.05) is 13.1 Å². The first-order chi connectivity index (χ1) is 8.34. The van der Waals surface area contributed by atoms with Gasteiger partial charge in [-0.3, -0.25) is 0 Å². The van der Waals surface area contributed by atoms with Gasteiger partial charge in [0.1, 0.15) is 4.60 Å². The van der Waals surface area contributed by atoms with E-state index in [0.717, 1.165) is 17.1 Å². The molecule has 0 radical (unpaired) electrons. The van der Waals surface area contributed by atoms with Gasteiger partial charge in [0.2, 0.25) is 0 Å². The number of hydrogen-bond acceptors (Lipinski definition) is 2. The second-order valence-electron chi connectivity index (χ2n) is 4.97. The highest BCUT2D eigenvalue weighted by atomic mass is 79.9. The summed E-state index contributed by atoms with van der Waals surface area (Å²) in [6.07, 6.45) is 8.32. The third-order valence-electron chi connectivity index (χ3n) is 3.99. The van der Waals surface area contributed by atoms with Gasteiger partial charge in [-0.25, -0.2) is 4.98 Å². The molecule has 1 aliphatic carbocycles. The van der Waals surface area contributed by atoms with Gasteiger partial charge in [0.05, 0.1) is 0 Å². The molecule has 1 aliphatic heterocycles. The van der Waals surface area contributed by atoms with Crippen molar-refractivity contribution in [2.45, 2.75) is 19.3 Å². The van der Waals surface area contributed by atoms with Crippen molar-refractivity contribution < 1.29 is 0 Å². The number of aromatic nitrogens is 1. The Morgan fingerprint density at radius 3 is 3.06 bits per heavy atom. The highest BCUT2D eigenvalue weighted by molar-refractivity contribution is 9.10. The number of nitrogens with zero attached hydrogens (tertiary/aromatic N) is 1. The zero-order chi connectivity index (χ0) is 11.7. The van der Waals surface area contributed by atoms with Crippen LogP contribution in [0, 0.1) is 11.8 Å². The summed E-state index contributed by atoms with van der Waals surface area (Å²) in [5.74, 6) is 1.57. The third kappa shape index (κ3) is 2.31. The number of nitrogens with one attached hydrogen (secondary N) is 1. The number of fused-ring (bicyclic) bond motifs is 1. The predicted molar refractivity (Wildman–Crippen MR) is 73.6 cm³/mol. The van der Waals surface area contributed by atoms with E-state index in [1.807, 2.05) is 12.3 Å². The number of pyridine rings is 1. The summed E-state index contributed by atoms with van der Waals surface area (Å²) in [6.45, 7) is 2.32. The smallest absolute Gasteiger partial charge is 0.106 e. The fraction of sp³-hybridized carbons (Fsp3) is 0.500. The molecule has 3 rings (SSSR count). The summed E-state index contributed by atoms with van der Waals surface area (Å²) in [7, 11) is 0. The molecule has 1 saturated heterocycles. The van der Waals surface area contributed by atoms with Gasteiger partial charge in [0.15, 0.2) is 0 Å². The molecule has 1 N–H and O–H groups in total. The Balaban J connectivity index is 1.90. The second kappa shape index (κ2) is 4.91. The van der Waals surface area contributed by atoms with Gasteiger partial charge < -0.3 is 5.32 Å². The van der Waals surface area contributed by atoms with Crippen LogP contribution in [0.15, 0.2) is 29.0 Å². The first-order valence-corrected chi connectivity index (χ1v) is 7.16. The molecule has 0 aromatic carbocycles. The van der Waals surface area contributed by atoms with Crippen LogP contribution in [0.4, 0.5) is 0 Å². The normalized spacial score (nSPS) is 28.4. The maximum Gasteiger partial charge on any atom is 0.106 e. The summed E-state index contributed by atoms with van der Waals surface area (Å²) in [5, 5.41) is 3.52. The van der Waals surface area contributed by atoms with E-state index in [1.165, 1.54) is 36.9 Å². The fourth-order valence-corrected chi connectivity index (χ4v) is 3.34. The van der Waals surface area contributed by atoms with Crippen LogP contribution < -0.4 is 5.32 Å². The second-order valence-corrected chi connectivity index (χ2v) is 5.78. The van der Waals surface area contributed by atoms with Gasteiger partial charge in [-0.2, -0.15) is 0 Å². The number of halogens is 1. The molecule has 0 spiro atoms. The van der Waals surface area contributed by atoms with Crippen LogP contribution in [0.2, 0.25) is 0 Å². The molecule has 0 bridgehead atoms. The SMILES string of the molecule is Brc1ccc(C2=CCC[C@@H]3CCNC[C@H]23)cn1. The molecule has 0 amide bonds. The topological polar surface area (TPSA) is 24.9 Å². The van der Waals surface area contributed by atoms with Crippen molar-refractivity contribution in [3.8, 4) is 0 Å². The van der Waals surface area contributed by atoms with E-state index in [1.54, 1.807) is 0 Å². The van der Waals surface area contributed by atoms with E-state index in [9.17, 15) is 0 Å². The van der Waals surface area contributed by atoms with Crippen LogP contribution in [0.5, 0.6) is 0 Å². The Hall–Kier alpha value is -0.670. The van der Waals surface area contributed by atoms with Crippen LogP contribution in [-0.4, -0.2) is 18.1 Å². The van der Waals surface area contributed by atoms with E-state index in [2.05, 4.69) is 38.4 Å². The van der Waals surface area contributed by atoms with Crippen LogP contribution in [0.3, 0.4) is 0 Å². The van der Waals surface area contributed by atoms with E-state index < -0.39 is 0 Å². The Morgan fingerprint density at radius 2 is 2.24 bits per heavy atom. The van der Waals surface area contributed by atoms with Crippen LogP contribution in [0.1, 0.15) is 24.8 Å². The molecular weight excluding hydrogens is 276 g/mol. The number of allylic oxidation sites excluding steroid dienone is 1. The lowest BCUT2D eigenvalue weighted by molar-refractivity contribution is 0.285. The maximum atomic E-state index is 4.35. The van der Waals surface area contributed by atoms with Gasteiger partial charge in [0.25, 0.3) is 0 Å². The van der Waals surface area contributed by atoms with Crippen molar-refractivity contribution in [3.63, 3.8) is 0 Å². The molecule has 2 atom stereocenters. The summed E-state index contributed by atoms with van der Waals surface area (Å²) >= 11 is 3.40. The van der Waals surface area contributed by atoms with Crippen molar-refractivity contribution >= 4 is 21.5 Å². The Morgan fingerprint density at radius 1 is 1.29 bits per heavy atom. The quantitative estimate of drug-likeness (QED) is 0.804. The minimum atomic E-state index is 0.695. The van der Waals surface area contributed by atoms with E-state index in [4.69, 9.17) is 0 Å². The van der Waals surface area contributed by atoms with E-state index in [0.29, 0.717) is 5.92 Å². The molecule has 0 saturated carbocycles.